The van der Waals surface area contributed by atoms with Gasteiger partial charge in [0.25, 0.3) is 5.69 Å². The number of benzene rings is 2. The van der Waals surface area contributed by atoms with Gasteiger partial charge in [0.1, 0.15) is 11.5 Å². The van der Waals surface area contributed by atoms with E-state index in [1.54, 1.807) is 35.1 Å². The molecular weight excluding hydrogens is 523 g/mol. The number of rotatable bonds is 7. The molecule has 0 aliphatic rings. The van der Waals surface area contributed by atoms with Gasteiger partial charge in [-0.15, -0.1) is 0 Å². The second kappa shape index (κ2) is 9.43. The number of amides is 1. The Balaban J connectivity index is 1.75. The molecule has 0 unspecified atom stereocenters. The highest BCUT2D eigenvalue weighted by molar-refractivity contribution is 14.1. The van der Waals surface area contributed by atoms with Crippen molar-refractivity contribution in [1.82, 2.24) is 9.78 Å². The molecule has 156 valence electrons. The highest BCUT2D eigenvalue weighted by atomic mass is 127. The van der Waals surface area contributed by atoms with Crippen molar-refractivity contribution in [1.29, 1.82) is 0 Å². The molecule has 0 radical (unpaired) electrons. The number of halogens is 2. The number of carbonyl (C=O) groups excluding carboxylic acids is 1. The highest BCUT2D eigenvalue weighted by Gasteiger charge is 2.14. The lowest BCUT2D eigenvalue weighted by atomic mass is 10.2. The van der Waals surface area contributed by atoms with Crippen molar-refractivity contribution in [3.63, 3.8) is 0 Å². The van der Waals surface area contributed by atoms with Crippen LogP contribution in [0.1, 0.15) is 17.7 Å². The second-order valence-corrected chi connectivity index (χ2v) is 8.18. The molecular formula is C20H18ClIN4O4. The number of carbonyl (C=O) groups is 1. The topological polar surface area (TPSA) is 99.3 Å². The molecule has 0 spiro atoms. The molecule has 10 heteroatoms. The van der Waals surface area contributed by atoms with Crippen molar-refractivity contribution < 1.29 is 14.5 Å². The summed E-state index contributed by atoms with van der Waals surface area (Å²) >= 11 is 8.13. The first-order chi connectivity index (χ1) is 14.2. The summed E-state index contributed by atoms with van der Waals surface area (Å²) in [6.07, 6.45) is 1.91. The average Bonchev–Trinajstić information content (AvgIpc) is 3.00. The van der Waals surface area contributed by atoms with E-state index in [-0.39, 0.29) is 29.5 Å². The van der Waals surface area contributed by atoms with Gasteiger partial charge in [0.2, 0.25) is 5.91 Å². The minimum absolute atomic E-state index is 0.174. The van der Waals surface area contributed by atoms with E-state index in [0.717, 1.165) is 14.8 Å². The fraction of sp³-hybridized carbons (Fsp3) is 0.200. The van der Waals surface area contributed by atoms with E-state index in [4.69, 9.17) is 16.3 Å². The molecule has 1 N–H and O–H groups in total. The number of hydrogen-bond donors (Lipinski definition) is 1. The van der Waals surface area contributed by atoms with Crippen LogP contribution in [0, 0.1) is 27.5 Å². The lowest BCUT2D eigenvalue weighted by Gasteiger charge is -2.11. The van der Waals surface area contributed by atoms with Crippen LogP contribution in [0.2, 0.25) is 5.02 Å². The first kappa shape index (κ1) is 22.0. The van der Waals surface area contributed by atoms with Crippen LogP contribution in [-0.4, -0.2) is 20.6 Å². The van der Waals surface area contributed by atoms with E-state index < -0.39 is 4.92 Å². The maximum Gasteiger partial charge on any atom is 0.275 e. The van der Waals surface area contributed by atoms with Crippen LogP contribution < -0.4 is 10.1 Å². The van der Waals surface area contributed by atoms with Gasteiger partial charge in [-0.3, -0.25) is 19.6 Å². The molecule has 1 aromatic heterocycles. The monoisotopic (exact) mass is 540 g/mol. The Labute approximate surface area is 191 Å². The Kier molecular flexibility index (Phi) is 6.93. The van der Waals surface area contributed by atoms with E-state index in [9.17, 15) is 14.9 Å². The number of anilines is 1. The quantitative estimate of drug-likeness (QED) is 0.243. The van der Waals surface area contributed by atoms with Crippen molar-refractivity contribution in [3.05, 3.63) is 72.6 Å². The number of nitrogens with one attached hydrogen (secondary N) is 1. The molecule has 0 saturated carbocycles. The predicted molar refractivity (Wildman–Crippen MR) is 122 cm³/mol. The summed E-state index contributed by atoms with van der Waals surface area (Å²) in [5.74, 6) is 0.470. The first-order valence-corrected chi connectivity index (χ1v) is 10.4. The second-order valence-electron chi connectivity index (χ2n) is 6.58. The Morgan fingerprint density at radius 1 is 1.30 bits per heavy atom. The number of nitro benzene ring substituents is 1. The number of nitro groups is 1. The van der Waals surface area contributed by atoms with Crippen LogP contribution in [0.4, 0.5) is 11.4 Å². The SMILES string of the molecule is Cc1cc(Cl)ccc1Oc1cc(NC(=O)CCn2ncc(I)c2C)cc([N+](=O)[O-])c1. The maximum absolute atomic E-state index is 12.4. The zero-order valence-electron chi connectivity index (χ0n) is 16.2. The van der Waals surface area contributed by atoms with Crippen LogP contribution in [0.3, 0.4) is 0 Å². The van der Waals surface area contributed by atoms with Crippen LogP contribution in [0.5, 0.6) is 11.5 Å². The Morgan fingerprint density at radius 3 is 2.70 bits per heavy atom. The van der Waals surface area contributed by atoms with Crippen LogP contribution >= 0.6 is 34.2 Å². The highest BCUT2D eigenvalue weighted by Crippen LogP contribution is 2.32. The third-order valence-corrected chi connectivity index (χ3v) is 5.64. The van der Waals surface area contributed by atoms with Crippen LogP contribution in [-0.2, 0) is 11.3 Å². The van der Waals surface area contributed by atoms with Gasteiger partial charge < -0.3 is 10.1 Å². The molecule has 2 aromatic carbocycles. The van der Waals surface area contributed by atoms with Crippen molar-refractivity contribution in [2.45, 2.75) is 26.8 Å². The maximum atomic E-state index is 12.4. The molecule has 8 nitrogen and oxygen atoms in total. The Morgan fingerprint density at radius 2 is 2.07 bits per heavy atom. The van der Waals surface area contributed by atoms with E-state index in [1.165, 1.54) is 12.1 Å². The van der Waals surface area contributed by atoms with Gasteiger partial charge >= 0.3 is 0 Å². The standard InChI is InChI=1S/C20H18ClIN4O4/c1-12-7-14(21)3-4-19(12)30-17-9-15(8-16(10-17)26(28)29)24-20(27)5-6-25-13(2)18(22)11-23-25/h3-4,7-11H,5-6H2,1-2H3,(H,24,27). The fourth-order valence-corrected chi connectivity index (χ4v) is 3.38. The van der Waals surface area contributed by atoms with Crippen molar-refractivity contribution >= 4 is 51.5 Å². The number of ether oxygens (including phenoxy) is 1. The van der Waals surface area contributed by atoms with Crippen molar-refractivity contribution in [2.24, 2.45) is 0 Å². The molecule has 1 amide bonds. The molecule has 0 aliphatic carbocycles. The largest absolute Gasteiger partial charge is 0.457 e. The van der Waals surface area contributed by atoms with Gasteiger partial charge in [0.15, 0.2) is 0 Å². The molecule has 0 fully saturated rings. The first-order valence-electron chi connectivity index (χ1n) is 8.94. The minimum Gasteiger partial charge on any atom is -0.457 e. The molecule has 0 atom stereocenters. The van der Waals surface area contributed by atoms with Gasteiger partial charge in [-0.2, -0.15) is 5.10 Å². The molecule has 1 heterocycles. The number of non-ortho nitro benzene ring substituents is 1. The zero-order chi connectivity index (χ0) is 21.8. The predicted octanol–water partition coefficient (Wildman–Crippen LogP) is 5.49. The lowest BCUT2D eigenvalue weighted by molar-refractivity contribution is -0.384. The third kappa shape index (κ3) is 5.48. The van der Waals surface area contributed by atoms with E-state index in [2.05, 4.69) is 33.0 Å². The minimum atomic E-state index is -0.535. The summed E-state index contributed by atoms with van der Waals surface area (Å²) in [5.41, 5.74) is 1.85. The summed E-state index contributed by atoms with van der Waals surface area (Å²) in [7, 11) is 0. The molecule has 0 aliphatic heterocycles. The van der Waals surface area contributed by atoms with Gasteiger partial charge in [0.05, 0.1) is 33.0 Å². The van der Waals surface area contributed by atoms with E-state index in [0.29, 0.717) is 17.3 Å². The molecule has 0 bridgehead atoms. The van der Waals surface area contributed by atoms with Crippen LogP contribution in [0.25, 0.3) is 0 Å². The smallest absolute Gasteiger partial charge is 0.275 e. The number of hydrogen-bond acceptors (Lipinski definition) is 5. The molecule has 3 aromatic rings. The van der Waals surface area contributed by atoms with E-state index in [1.807, 2.05) is 13.8 Å². The summed E-state index contributed by atoms with van der Waals surface area (Å²) in [5, 5.41) is 18.8. The van der Waals surface area contributed by atoms with Crippen molar-refractivity contribution in [3.8, 4) is 11.5 Å². The number of nitrogens with zero attached hydrogens (tertiary/aromatic N) is 3. The third-order valence-electron chi connectivity index (χ3n) is 4.34. The Hall–Kier alpha value is -2.66. The number of aryl methyl sites for hydroxylation is 2. The lowest BCUT2D eigenvalue weighted by Crippen LogP contribution is -2.15. The Bertz CT molecular complexity index is 1120. The summed E-state index contributed by atoms with van der Waals surface area (Å²) in [6.45, 7) is 4.15. The molecule has 0 saturated heterocycles. The zero-order valence-corrected chi connectivity index (χ0v) is 19.1. The number of aromatic nitrogens is 2. The van der Waals surface area contributed by atoms with Gasteiger partial charge in [-0.25, -0.2) is 0 Å². The van der Waals surface area contributed by atoms with Gasteiger partial charge in [-0.05, 0) is 60.2 Å². The van der Waals surface area contributed by atoms with Gasteiger partial charge in [0, 0.05) is 29.3 Å². The fourth-order valence-electron chi connectivity index (χ4n) is 2.75. The summed E-state index contributed by atoms with van der Waals surface area (Å²) < 4.78 is 8.56. The average molecular weight is 541 g/mol. The summed E-state index contributed by atoms with van der Waals surface area (Å²) in [6, 6.07) is 9.22. The van der Waals surface area contributed by atoms with Crippen molar-refractivity contribution in [2.75, 3.05) is 5.32 Å². The normalized spacial score (nSPS) is 10.7. The molecule has 3 rings (SSSR count). The van der Waals surface area contributed by atoms with Gasteiger partial charge in [-0.1, -0.05) is 11.6 Å². The molecule has 30 heavy (non-hydrogen) atoms. The van der Waals surface area contributed by atoms with Crippen LogP contribution in [0.15, 0.2) is 42.6 Å². The summed E-state index contributed by atoms with van der Waals surface area (Å²) in [4.78, 5) is 23.1. The van der Waals surface area contributed by atoms with E-state index >= 15 is 0 Å².